The highest BCUT2D eigenvalue weighted by atomic mass is 16.3. The van der Waals surface area contributed by atoms with Gasteiger partial charge in [-0.3, -0.25) is 4.79 Å². The first-order chi connectivity index (χ1) is 19.0. The monoisotopic (exact) mass is 535 g/mol. The van der Waals surface area contributed by atoms with E-state index in [9.17, 15) is 9.90 Å². The molecule has 0 saturated heterocycles. The van der Waals surface area contributed by atoms with Crippen LogP contribution in [-0.2, 0) is 11.2 Å². The maximum absolute atomic E-state index is 12.6. The zero-order valence-corrected chi connectivity index (χ0v) is 24.6. The van der Waals surface area contributed by atoms with Gasteiger partial charge in [0, 0.05) is 28.3 Å². The van der Waals surface area contributed by atoms with Crippen molar-refractivity contribution in [3.8, 4) is 11.8 Å². The molecule has 3 aliphatic carbocycles. The number of aliphatic hydroxyl groups is 1. The van der Waals surface area contributed by atoms with Crippen molar-refractivity contribution in [1.29, 1.82) is 0 Å². The van der Waals surface area contributed by atoms with Gasteiger partial charge in [-0.2, -0.15) is 0 Å². The Balaban J connectivity index is 0.00000181. The van der Waals surface area contributed by atoms with E-state index in [1.54, 1.807) is 6.20 Å². The maximum Gasteiger partial charge on any atom is 0.248 e. The molecule has 0 unspecified atom stereocenters. The van der Waals surface area contributed by atoms with E-state index in [0.717, 1.165) is 58.4 Å². The van der Waals surface area contributed by atoms with Gasteiger partial charge in [0.05, 0.1) is 5.41 Å². The molecule has 0 radical (unpaired) electrons. The first-order valence-electron chi connectivity index (χ1n) is 13.9. The van der Waals surface area contributed by atoms with E-state index in [1.807, 2.05) is 32.0 Å². The lowest BCUT2D eigenvalue weighted by Gasteiger charge is -2.57. The van der Waals surface area contributed by atoms with Crippen LogP contribution in [0.25, 0.3) is 5.57 Å². The zero-order chi connectivity index (χ0) is 29.6. The molecule has 208 valence electrons. The lowest BCUT2D eigenvalue weighted by atomic mass is 9.46. The fourth-order valence-electron chi connectivity index (χ4n) is 7.58. The van der Waals surface area contributed by atoms with E-state index in [1.165, 1.54) is 12.6 Å². The number of pyridine rings is 1. The van der Waals surface area contributed by atoms with Crippen LogP contribution in [0.5, 0.6) is 0 Å². The third kappa shape index (κ3) is 4.22. The van der Waals surface area contributed by atoms with E-state index in [2.05, 4.69) is 68.6 Å². The lowest BCUT2D eigenvalue weighted by Crippen LogP contribution is -2.51. The molecule has 5 heteroatoms. The number of hydrogen-bond donors (Lipinski definition) is 3. The highest BCUT2D eigenvalue weighted by Gasteiger charge is 2.58. The number of aliphatic hydroxyl groups excluding tert-OH is 1. The van der Waals surface area contributed by atoms with Crippen molar-refractivity contribution < 1.29 is 9.90 Å². The topological polar surface area (TPSA) is 102 Å². The van der Waals surface area contributed by atoms with Crippen LogP contribution in [0.2, 0.25) is 0 Å². The Kier molecular flexibility index (Phi) is 7.71. The Morgan fingerprint density at radius 2 is 1.85 bits per heavy atom. The van der Waals surface area contributed by atoms with Crippen molar-refractivity contribution in [3.05, 3.63) is 106 Å². The highest BCUT2D eigenvalue weighted by molar-refractivity contribution is 5.98. The van der Waals surface area contributed by atoms with Gasteiger partial charge in [-0.05, 0) is 111 Å². The average Bonchev–Trinajstić information content (AvgIpc) is 2.92. The number of allylic oxidation sites excluding steroid dienone is 4. The van der Waals surface area contributed by atoms with Gasteiger partial charge in [0.15, 0.2) is 0 Å². The van der Waals surface area contributed by atoms with Crippen LogP contribution < -0.4 is 11.5 Å². The van der Waals surface area contributed by atoms with Crippen LogP contribution in [0.3, 0.4) is 0 Å². The van der Waals surface area contributed by atoms with Gasteiger partial charge in [-0.1, -0.05) is 50.6 Å². The van der Waals surface area contributed by atoms with Gasteiger partial charge >= 0.3 is 0 Å². The summed E-state index contributed by atoms with van der Waals surface area (Å²) in [6, 6.07) is 9.89. The summed E-state index contributed by atoms with van der Waals surface area (Å²) < 4.78 is 0. The van der Waals surface area contributed by atoms with Crippen LogP contribution in [-0.4, -0.2) is 23.0 Å². The first-order valence-corrected chi connectivity index (χ1v) is 13.9. The summed E-state index contributed by atoms with van der Waals surface area (Å²) in [5.41, 5.74) is 18.1. The predicted octanol–water partition coefficient (Wildman–Crippen LogP) is 6.18. The van der Waals surface area contributed by atoms with Crippen molar-refractivity contribution >= 4 is 11.5 Å². The van der Waals surface area contributed by atoms with E-state index in [-0.39, 0.29) is 23.0 Å². The number of fused-ring (bicyclic) bond motifs is 3. The van der Waals surface area contributed by atoms with Gasteiger partial charge < -0.3 is 16.6 Å². The van der Waals surface area contributed by atoms with Gasteiger partial charge in [-0.15, -0.1) is 0 Å². The van der Waals surface area contributed by atoms with Gasteiger partial charge in [0.25, 0.3) is 0 Å². The molecule has 1 aromatic carbocycles. The molecule has 1 aromatic heterocycles. The van der Waals surface area contributed by atoms with E-state index in [4.69, 9.17) is 5.73 Å². The Bertz CT molecular complexity index is 1540. The summed E-state index contributed by atoms with van der Waals surface area (Å²) >= 11 is 0. The highest BCUT2D eigenvalue weighted by Crippen LogP contribution is 2.66. The summed E-state index contributed by atoms with van der Waals surface area (Å²) in [6.45, 7) is 19.4. The van der Waals surface area contributed by atoms with Crippen LogP contribution in [0.1, 0.15) is 68.5 Å². The molecule has 5 rings (SSSR count). The SMILES string of the molecule is C=C1C2=C(O)[C@]3(C)C(=C)C(C(N)=O)=C(C)[C@@H](CC)[C@@H]3C[C@]2(C)Cc2c(C#Cc3ccccn3)ccc(C)c21.CN. The molecule has 0 saturated carbocycles. The number of amides is 1. The van der Waals surface area contributed by atoms with Crippen molar-refractivity contribution in [3.63, 3.8) is 0 Å². The molecular formula is C35H41N3O2. The molecule has 5 nitrogen and oxygen atoms in total. The molecule has 2 aromatic rings. The molecule has 0 fully saturated rings. The molecule has 1 heterocycles. The van der Waals surface area contributed by atoms with Crippen LogP contribution in [0.4, 0.5) is 0 Å². The van der Waals surface area contributed by atoms with Crippen LogP contribution in [0, 0.1) is 41.4 Å². The normalized spacial score (nSPS) is 27.0. The number of carbonyl (C=O) groups is 1. The van der Waals surface area contributed by atoms with Crippen molar-refractivity contribution in [1.82, 2.24) is 4.98 Å². The van der Waals surface area contributed by atoms with E-state index in [0.29, 0.717) is 11.1 Å². The lowest BCUT2D eigenvalue weighted by molar-refractivity contribution is -0.114. The molecule has 5 N–H and O–H groups in total. The molecule has 0 bridgehead atoms. The molecule has 3 aliphatic rings. The van der Waals surface area contributed by atoms with E-state index < -0.39 is 11.3 Å². The molecule has 0 aliphatic heterocycles. The van der Waals surface area contributed by atoms with Gasteiger partial charge in [0.1, 0.15) is 11.5 Å². The Morgan fingerprint density at radius 1 is 1.15 bits per heavy atom. The zero-order valence-electron chi connectivity index (χ0n) is 24.6. The summed E-state index contributed by atoms with van der Waals surface area (Å²) in [5, 5.41) is 12.1. The summed E-state index contributed by atoms with van der Waals surface area (Å²) in [7, 11) is 1.50. The van der Waals surface area contributed by atoms with Crippen LogP contribution >= 0.6 is 0 Å². The van der Waals surface area contributed by atoms with Gasteiger partial charge in [-0.25, -0.2) is 4.98 Å². The number of rotatable bonds is 2. The third-order valence-electron chi connectivity index (χ3n) is 9.48. The number of benzene rings is 1. The number of aromatic nitrogens is 1. The second kappa shape index (κ2) is 10.6. The second-order valence-electron chi connectivity index (χ2n) is 11.6. The number of hydrogen-bond acceptors (Lipinski definition) is 4. The fourth-order valence-corrected chi connectivity index (χ4v) is 7.58. The summed E-state index contributed by atoms with van der Waals surface area (Å²) in [4.78, 5) is 16.9. The second-order valence-corrected chi connectivity index (χ2v) is 11.6. The quantitative estimate of drug-likeness (QED) is 0.400. The molecule has 0 spiro atoms. The number of nitrogens with zero attached hydrogens (tertiary/aromatic N) is 1. The number of nitrogens with two attached hydrogens (primary N) is 2. The molecule has 4 atom stereocenters. The van der Waals surface area contributed by atoms with Crippen molar-refractivity contribution in [2.75, 3.05) is 7.05 Å². The van der Waals surface area contributed by atoms with Crippen molar-refractivity contribution in [2.24, 2.45) is 34.1 Å². The third-order valence-corrected chi connectivity index (χ3v) is 9.48. The summed E-state index contributed by atoms with van der Waals surface area (Å²) in [6.07, 6.45) is 4.18. The Morgan fingerprint density at radius 3 is 2.45 bits per heavy atom. The summed E-state index contributed by atoms with van der Waals surface area (Å²) in [5.74, 6) is 6.60. The van der Waals surface area contributed by atoms with Gasteiger partial charge in [0.2, 0.25) is 5.91 Å². The predicted molar refractivity (Wildman–Crippen MR) is 163 cm³/mol. The van der Waals surface area contributed by atoms with E-state index >= 15 is 0 Å². The average molecular weight is 536 g/mol. The number of carbonyl (C=O) groups excluding carboxylic acids is 1. The Labute approximate surface area is 238 Å². The Hall–Kier alpha value is -3.88. The minimum absolute atomic E-state index is 0.0825. The molecular weight excluding hydrogens is 494 g/mol. The smallest absolute Gasteiger partial charge is 0.248 e. The first kappa shape index (κ1) is 29.1. The minimum Gasteiger partial charge on any atom is -0.511 e. The number of primary amides is 1. The standard InChI is InChI=1S/C34H36N2O2.CH5N/c1-8-25-20(3)29(32(35)38)22(5)34(7)27(25)18-33(6)17-26-23(14-15-24-11-9-10-16-36-24)13-12-19(2)28(26)21(4)30(33)31(34)37;1-2/h9-13,16,25,27,37H,4-5,8,17-18H2,1-3,6-7H3,(H2,35,38);2H2,1H3/t25-,27+,33+,34-;/m1./s1. The molecule has 40 heavy (non-hydrogen) atoms. The minimum atomic E-state index is -0.788. The largest absolute Gasteiger partial charge is 0.511 e. The molecule has 1 amide bonds. The fraction of sp³-hybridized carbons (Fsp3) is 0.371. The van der Waals surface area contributed by atoms with Crippen molar-refractivity contribution in [2.45, 2.75) is 53.9 Å². The van der Waals surface area contributed by atoms with Crippen LogP contribution in [0.15, 0.2) is 77.7 Å². The number of aryl methyl sites for hydroxylation is 1. The maximum atomic E-state index is 12.6.